The number of methoxy groups -OCH3 is 1. The zero-order valence-electron chi connectivity index (χ0n) is 28.1. The van der Waals surface area contributed by atoms with E-state index in [-0.39, 0.29) is 23.8 Å². The fraction of sp³-hybridized carbons (Fsp3) is 0.564. The van der Waals surface area contributed by atoms with Crippen LogP contribution in [0.3, 0.4) is 0 Å². The van der Waals surface area contributed by atoms with Crippen LogP contribution in [0, 0.1) is 24.7 Å². The van der Waals surface area contributed by atoms with E-state index in [0.29, 0.717) is 30.1 Å². The number of ether oxygens (including phenoxy) is 1. The van der Waals surface area contributed by atoms with Gasteiger partial charge in [-0.05, 0) is 124 Å². The molecule has 1 heterocycles. The second-order valence-corrected chi connectivity index (χ2v) is 15.6. The van der Waals surface area contributed by atoms with E-state index in [1.807, 2.05) is 6.20 Å². The molecule has 1 aromatic heterocycles. The first kappa shape index (κ1) is 32.7. The smallest absolute Gasteiger partial charge is 0.230 e. The number of carbonyl (C=O) groups is 2. The molecule has 3 aliphatic rings. The monoisotopic (exact) mass is 641 g/mol. The van der Waals surface area contributed by atoms with Crippen LogP contribution in [0.4, 0.5) is 5.69 Å². The summed E-state index contributed by atoms with van der Waals surface area (Å²) in [4.78, 5) is 34.8. The molecule has 1 N–H and O–H groups in total. The molecule has 0 radical (unpaired) electrons. The third kappa shape index (κ3) is 8.02. The second-order valence-electron chi connectivity index (χ2n) is 14.5. The number of aromatic nitrogens is 1. The fourth-order valence-electron chi connectivity index (χ4n) is 7.54. The van der Waals surface area contributed by atoms with Gasteiger partial charge in [0.15, 0.2) is 0 Å². The van der Waals surface area contributed by atoms with Crippen LogP contribution >= 0.6 is 11.3 Å². The summed E-state index contributed by atoms with van der Waals surface area (Å²) in [6.07, 6.45) is 13.0. The van der Waals surface area contributed by atoms with Crippen molar-refractivity contribution in [3.05, 3.63) is 64.8 Å². The first-order valence-corrected chi connectivity index (χ1v) is 18.4. The Balaban J connectivity index is 1.16. The van der Waals surface area contributed by atoms with Crippen molar-refractivity contribution in [3.8, 4) is 16.2 Å². The van der Waals surface area contributed by atoms with E-state index >= 15 is 0 Å². The van der Waals surface area contributed by atoms with Gasteiger partial charge in [0.05, 0.1) is 17.0 Å². The van der Waals surface area contributed by atoms with Gasteiger partial charge in [-0.25, -0.2) is 4.98 Å². The number of carbonyl (C=O) groups excluding carboxylic acids is 2. The molecule has 246 valence electrons. The molecule has 2 aromatic carbocycles. The Hall–Kier alpha value is -3.19. The number of hydrogen-bond acceptors (Lipinski definition) is 5. The summed E-state index contributed by atoms with van der Waals surface area (Å²) in [6, 6.07) is 15.4. The number of hydrogen-bond donors (Lipinski definition) is 1. The average Bonchev–Trinajstić information content (AvgIpc) is 3.79. The molecule has 0 unspecified atom stereocenters. The van der Waals surface area contributed by atoms with Gasteiger partial charge in [0.25, 0.3) is 0 Å². The fourth-order valence-corrected chi connectivity index (χ4v) is 8.63. The highest BCUT2D eigenvalue weighted by Gasteiger charge is 2.33. The van der Waals surface area contributed by atoms with Crippen molar-refractivity contribution in [2.24, 2.45) is 17.8 Å². The molecule has 7 heteroatoms. The van der Waals surface area contributed by atoms with Gasteiger partial charge in [-0.3, -0.25) is 9.59 Å². The van der Waals surface area contributed by atoms with E-state index in [9.17, 15) is 9.59 Å². The van der Waals surface area contributed by atoms with Crippen LogP contribution < -0.4 is 15.0 Å². The topological polar surface area (TPSA) is 71.5 Å². The van der Waals surface area contributed by atoms with Crippen molar-refractivity contribution < 1.29 is 14.3 Å². The number of nitrogens with zero attached hydrogens (tertiary/aromatic N) is 2. The van der Waals surface area contributed by atoms with E-state index in [4.69, 9.17) is 9.72 Å². The predicted molar refractivity (Wildman–Crippen MR) is 188 cm³/mol. The van der Waals surface area contributed by atoms with Gasteiger partial charge in [0.2, 0.25) is 11.8 Å². The van der Waals surface area contributed by atoms with Gasteiger partial charge in [-0.2, -0.15) is 0 Å². The number of benzene rings is 2. The highest BCUT2D eigenvalue weighted by molar-refractivity contribution is 7.15. The van der Waals surface area contributed by atoms with E-state index in [0.717, 1.165) is 74.9 Å². The third-order valence-corrected chi connectivity index (χ3v) is 11.6. The summed E-state index contributed by atoms with van der Waals surface area (Å²) in [5.41, 5.74) is 4.75. The summed E-state index contributed by atoms with van der Waals surface area (Å²) in [7, 11) is 1.73. The Morgan fingerprint density at radius 3 is 2.37 bits per heavy atom. The van der Waals surface area contributed by atoms with E-state index in [1.54, 1.807) is 18.4 Å². The van der Waals surface area contributed by atoms with Gasteiger partial charge in [0, 0.05) is 42.7 Å². The van der Waals surface area contributed by atoms with Crippen LogP contribution in [0.1, 0.15) is 112 Å². The summed E-state index contributed by atoms with van der Waals surface area (Å²) < 4.78 is 5.49. The van der Waals surface area contributed by atoms with Crippen molar-refractivity contribution in [1.29, 1.82) is 0 Å². The molecule has 0 saturated heterocycles. The predicted octanol–water partition coefficient (Wildman–Crippen LogP) is 9.03. The Bertz CT molecular complexity index is 1500. The molecular formula is C39H51N3O3S. The number of thiazole rings is 1. The maximum atomic E-state index is 14.4. The van der Waals surface area contributed by atoms with Crippen molar-refractivity contribution in [3.63, 3.8) is 0 Å². The molecule has 3 aromatic rings. The lowest BCUT2D eigenvalue weighted by Crippen LogP contribution is -2.44. The molecule has 0 atom stereocenters. The summed E-state index contributed by atoms with van der Waals surface area (Å²) >= 11 is 1.80. The Morgan fingerprint density at radius 2 is 1.70 bits per heavy atom. The summed E-state index contributed by atoms with van der Waals surface area (Å²) in [5.74, 6) is 3.34. The zero-order valence-corrected chi connectivity index (χ0v) is 28.9. The van der Waals surface area contributed by atoms with Gasteiger partial charge in [-0.1, -0.05) is 38.1 Å². The van der Waals surface area contributed by atoms with E-state index in [1.165, 1.54) is 33.9 Å². The molecule has 6 rings (SSSR count). The van der Waals surface area contributed by atoms with Crippen molar-refractivity contribution in [1.82, 2.24) is 10.3 Å². The van der Waals surface area contributed by atoms with Crippen LogP contribution in [0.15, 0.2) is 48.7 Å². The molecule has 0 spiro atoms. The summed E-state index contributed by atoms with van der Waals surface area (Å²) in [5, 5.41) is 4.47. The number of nitrogens with one attached hydrogen (secondary N) is 1. The molecule has 0 bridgehead atoms. The van der Waals surface area contributed by atoms with Crippen molar-refractivity contribution in [2.75, 3.05) is 18.6 Å². The molecule has 2 amide bonds. The van der Waals surface area contributed by atoms with Crippen LogP contribution in [0.5, 0.6) is 5.75 Å². The van der Waals surface area contributed by atoms with Crippen LogP contribution in [-0.4, -0.2) is 36.5 Å². The Labute approximate surface area is 279 Å². The second kappa shape index (κ2) is 14.7. The molecule has 3 saturated carbocycles. The maximum Gasteiger partial charge on any atom is 0.230 e. The van der Waals surface area contributed by atoms with E-state index in [2.05, 4.69) is 73.5 Å². The number of anilines is 1. The van der Waals surface area contributed by atoms with Gasteiger partial charge >= 0.3 is 0 Å². The van der Waals surface area contributed by atoms with Gasteiger partial charge in [-0.15, -0.1) is 11.3 Å². The van der Waals surface area contributed by atoms with Crippen molar-refractivity contribution >= 4 is 28.8 Å². The molecular weight excluding hydrogens is 591 g/mol. The maximum absolute atomic E-state index is 14.4. The molecule has 0 aliphatic heterocycles. The first-order chi connectivity index (χ1) is 22.3. The van der Waals surface area contributed by atoms with E-state index < -0.39 is 0 Å². The van der Waals surface area contributed by atoms with Crippen LogP contribution in [0.2, 0.25) is 0 Å². The van der Waals surface area contributed by atoms with Gasteiger partial charge < -0.3 is 15.0 Å². The molecule has 3 aliphatic carbocycles. The highest BCUT2D eigenvalue weighted by atomic mass is 32.1. The normalized spacial score (nSPS) is 23.2. The largest absolute Gasteiger partial charge is 0.496 e. The minimum atomic E-state index is -0.00889. The molecule has 46 heavy (non-hydrogen) atoms. The van der Waals surface area contributed by atoms with Crippen molar-refractivity contribution in [2.45, 2.75) is 109 Å². The zero-order chi connectivity index (χ0) is 32.2. The minimum Gasteiger partial charge on any atom is -0.496 e. The Kier molecular flexibility index (Phi) is 10.5. The summed E-state index contributed by atoms with van der Waals surface area (Å²) in [6.45, 7) is 7.04. The first-order valence-electron chi connectivity index (χ1n) is 17.6. The molecule has 3 fully saturated rings. The quantitative estimate of drug-likeness (QED) is 0.227. The molecule has 6 nitrogen and oxygen atoms in total. The highest BCUT2D eigenvalue weighted by Crippen LogP contribution is 2.44. The average molecular weight is 642 g/mol. The number of rotatable bonds is 11. The number of aryl methyl sites for hydroxylation is 1. The van der Waals surface area contributed by atoms with Crippen LogP contribution in [-0.2, 0) is 9.59 Å². The Morgan fingerprint density at radius 1 is 0.957 bits per heavy atom. The lowest BCUT2D eigenvalue weighted by molar-refractivity contribution is -0.124. The van der Waals surface area contributed by atoms with Crippen LogP contribution in [0.25, 0.3) is 10.4 Å². The SMILES string of the molecule is COc1ccc([C@H]2CC[C@H](CN(c3cccc(-c4cnc(C5CC5)s4)c3)C(=O)[C@H]3CC[C@H](NC(=O)CC(C)C)CC3)CC2)cc1C. The minimum absolute atomic E-state index is 0.00889. The lowest BCUT2D eigenvalue weighted by Gasteiger charge is -2.36. The number of amides is 2. The standard InChI is InChI=1S/C39H51N3O3S/c1-25(2)20-37(43)41-33-17-14-30(15-18-33)39(44)42(34-7-5-6-32(22-34)36-23-40-38(46-36)29-12-13-29)24-27-8-10-28(11-9-27)31-16-19-35(45-4)26(3)21-31/h5-7,16,19,21-23,25,27-30,33H,8-15,17-18,20,24H2,1-4H3,(H,41,43)/t27-,28-,30-,33-. The lowest BCUT2D eigenvalue weighted by atomic mass is 9.78. The van der Waals surface area contributed by atoms with Gasteiger partial charge in [0.1, 0.15) is 5.75 Å². The third-order valence-electron chi connectivity index (χ3n) is 10.4.